The molecule has 124 valence electrons. The fourth-order valence-electron chi connectivity index (χ4n) is 2.54. The van der Waals surface area contributed by atoms with E-state index in [1.54, 1.807) is 0 Å². The van der Waals surface area contributed by atoms with E-state index in [2.05, 4.69) is 12.2 Å². The summed E-state index contributed by atoms with van der Waals surface area (Å²) in [6.45, 7) is 3.49. The number of rotatable bonds is 10. The Kier molecular flexibility index (Phi) is 9.24. The fourth-order valence-corrected chi connectivity index (χ4v) is 4.56. The molecule has 6 heteroatoms. The number of hydrogen-bond acceptors (Lipinski definition) is 4. The molecule has 1 fully saturated rings. The maximum absolute atomic E-state index is 11.3. The van der Waals surface area contributed by atoms with Gasteiger partial charge in [0.1, 0.15) is 0 Å². The molecule has 0 aromatic rings. The van der Waals surface area contributed by atoms with E-state index < -0.39 is 9.84 Å². The predicted molar refractivity (Wildman–Crippen MR) is 91.3 cm³/mol. The quantitative estimate of drug-likeness (QED) is 0.491. The summed E-state index contributed by atoms with van der Waals surface area (Å²) in [5.74, 6) is 0.765. The second-order valence-corrected chi connectivity index (χ2v) is 8.51. The van der Waals surface area contributed by atoms with Crippen LogP contribution in [-0.2, 0) is 14.6 Å². The summed E-state index contributed by atoms with van der Waals surface area (Å²) in [5, 5.41) is 3.43. The van der Waals surface area contributed by atoms with Crippen molar-refractivity contribution in [3.05, 3.63) is 0 Å². The molecule has 0 aromatic heterocycles. The molecule has 0 bridgehead atoms. The molecule has 1 unspecified atom stereocenters. The van der Waals surface area contributed by atoms with E-state index in [1.165, 1.54) is 38.5 Å². The van der Waals surface area contributed by atoms with Gasteiger partial charge < -0.3 is 10.1 Å². The van der Waals surface area contributed by atoms with E-state index in [0.717, 1.165) is 12.8 Å². The average Bonchev–Trinajstić information content (AvgIpc) is 2.79. The van der Waals surface area contributed by atoms with Crippen molar-refractivity contribution in [2.24, 2.45) is 5.92 Å². The molecule has 21 heavy (non-hydrogen) atoms. The standard InChI is InChI=1S/C15H29NO3S2/c1-2-3-4-5-6-7-8-10-19-15(20)16-12-14-9-11-21(17,18)13-14/h14H,2-13H2,1H3,(H,16,20). The van der Waals surface area contributed by atoms with Crippen molar-refractivity contribution in [2.45, 2.75) is 58.3 Å². The maximum atomic E-state index is 11.3. The maximum Gasteiger partial charge on any atom is 0.256 e. The number of nitrogens with one attached hydrogen (secondary N) is 1. The molecule has 1 atom stereocenters. The van der Waals surface area contributed by atoms with Gasteiger partial charge in [0.2, 0.25) is 0 Å². The van der Waals surface area contributed by atoms with Crippen LogP contribution in [-0.4, -0.2) is 38.2 Å². The SMILES string of the molecule is CCCCCCCCCOC(=S)NCC1CCS(=O)(=O)C1. The molecule has 0 radical (unpaired) electrons. The van der Waals surface area contributed by atoms with Crippen LogP contribution < -0.4 is 5.32 Å². The molecule has 1 N–H and O–H groups in total. The topological polar surface area (TPSA) is 55.4 Å². The van der Waals surface area contributed by atoms with Gasteiger partial charge in [0.05, 0.1) is 18.1 Å². The molecule has 0 amide bonds. The van der Waals surface area contributed by atoms with E-state index >= 15 is 0 Å². The van der Waals surface area contributed by atoms with Crippen LogP contribution in [0.3, 0.4) is 0 Å². The van der Waals surface area contributed by atoms with Crippen LogP contribution in [0, 0.1) is 5.92 Å². The fraction of sp³-hybridized carbons (Fsp3) is 0.933. The second-order valence-electron chi connectivity index (χ2n) is 5.91. The number of sulfone groups is 1. The Morgan fingerprint density at radius 1 is 1.19 bits per heavy atom. The predicted octanol–water partition coefficient (Wildman–Crippen LogP) is 3.06. The average molecular weight is 336 g/mol. The zero-order valence-corrected chi connectivity index (χ0v) is 14.7. The molecule has 4 nitrogen and oxygen atoms in total. The van der Waals surface area contributed by atoms with Crippen molar-refractivity contribution in [3.8, 4) is 0 Å². The highest BCUT2D eigenvalue weighted by atomic mass is 32.2. The first-order chi connectivity index (χ1) is 10.0. The van der Waals surface area contributed by atoms with Gasteiger partial charge in [0.15, 0.2) is 9.84 Å². The molecule has 1 saturated heterocycles. The Labute approximate surface area is 134 Å². The largest absolute Gasteiger partial charge is 0.471 e. The van der Waals surface area contributed by atoms with Crippen LogP contribution in [0.25, 0.3) is 0 Å². The van der Waals surface area contributed by atoms with Crippen molar-refractivity contribution in [1.29, 1.82) is 0 Å². The third-order valence-electron chi connectivity index (χ3n) is 3.84. The third kappa shape index (κ3) is 9.30. The molecule has 0 aliphatic carbocycles. The molecular formula is C15H29NO3S2. The summed E-state index contributed by atoms with van der Waals surface area (Å²) in [7, 11) is -2.80. The lowest BCUT2D eigenvalue weighted by Gasteiger charge is -2.12. The molecule has 1 rings (SSSR count). The van der Waals surface area contributed by atoms with Gasteiger partial charge in [-0.25, -0.2) is 8.42 Å². The summed E-state index contributed by atoms with van der Waals surface area (Å²) in [5.41, 5.74) is 0. The van der Waals surface area contributed by atoms with E-state index in [0.29, 0.717) is 24.1 Å². The molecule has 1 heterocycles. The van der Waals surface area contributed by atoms with Gasteiger partial charge in [0, 0.05) is 6.54 Å². The van der Waals surface area contributed by atoms with Crippen LogP contribution in [0.2, 0.25) is 0 Å². The third-order valence-corrected chi connectivity index (χ3v) is 5.94. The first kappa shape index (κ1) is 18.7. The lowest BCUT2D eigenvalue weighted by Crippen LogP contribution is -2.30. The molecule has 0 spiro atoms. The Balaban J connectivity index is 1.92. The van der Waals surface area contributed by atoms with Crippen LogP contribution in [0.5, 0.6) is 0 Å². The number of unbranched alkanes of at least 4 members (excludes halogenated alkanes) is 6. The van der Waals surface area contributed by atoms with Crippen LogP contribution in [0.4, 0.5) is 0 Å². The minimum atomic E-state index is -2.80. The van der Waals surface area contributed by atoms with Gasteiger partial charge in [-0.3, -0.25) is 0 Å². The molecule has 1 aliphatic heterocycles. The molecule has 0 saturated carbocycles. The van der Waals surface area contributed by atoms with Crippen molar-refractivity contribution >= 4 is 27.2 Å². The lowest BCUT2D eigenvalue weighted by molar-refractivity contribution is 0.284. The van der Waals surface area contributed by atoms with Gasteiger partial charge >= 0.3 is 0 Å². The summed E-state index contributed by atoms with van der Waals surface area (Å²) in [6.07, 6.45) is 9.49. The highest BCUT2D eigenvalue weighted by molar-refractivity contribution is 7.91. The zero-order valence-electron chi connectivity index (χ0n) is 13.1. The van der Waals surface area contributed by atoms with Crippen molar-refractivity contribution in [3.63, 3.8) is 0 Å². The second kappa shape index (κ2) is 10.4. The summed E-state index contributed by atoms with van der Waals surface area (Å²) in [6, 6.07) is 0. The Morgan fingerprint density at radius 2 is 1.86 bits per heavy atom. The van der Waals surface area contributed by atoms with Gasteiger partial charge in [0.25, 0.3) is 5.17 Å². The van der Waals surface area contributed by atoms with Gasteiger partial charge in [-0.2, -0.15) is 0 Å². The van der Waals surface area contributed by atoms with Crippen LogP contribution in [0.1, 0.15) is 58.3 Å². The van der Waals surface area contributed by atoms with Crippen molar-refractivity contribution < 1.29 is 13.2 Å². The van der Waals surface area contributed by atoms with Gasteiger partial charge in [-0.1, -0.05) is 45.4 Å². The first-order valence-corrected chi connectivity index (χ1v) is 10.4. The number of thiocarbonyl (C=S) groups is 1. The molecular weight excluding hydrogens is 306 g/mol. The normalized spacial score (nSPS) is 20.3. The number of hydrogen-bond donors (Lipinski definition) is 1. The summed E-state index contributed by atoms with van der Waals surface area (Å²) in [4.78, 5) is 0. The minimum Gasteiger partial charge on any atom is -0.471 e. The van der Waals surface area contributed by atoms with Crippen molar-refractivity contribution in [2.75, 3.05) is 24.7 Å². The molecule has 1 aliphatic rings. The van der Waals surface area contributed by atoms with E-state index in [9.17, 15) is 8.42 Å². The smallest absolute Gasteiger partial charge is 0.256 e. The van der Waals surface area contributed by atoms with E-state index in [4.69, 9.17) is 17.0 Å². The minimum absolute atomic E-state index is 0.176. The summed E-state index contributed by atoms with van der Waals surface area (Å²) >= 11 is 5.10. The Hall–Kier alpha value is -0.360. The monoisotopic (exact) mass is 335 g/mol. The molecule has 0 aromatic carbocycles. The highest BCUT2D eigenvalue weighted by Crippen LogP contribution is 2.17. The zero-order chi connectivity index (χ0) is 15.6. The first-order valence-electron chi connectivity index (χ1n) is 8.14. The Morgan fingerprint density at radius 3 is 2.48 bits per heavy atom. The van der Waals surface area contributed by atoms with Gasteiger partial charge in [-0.15, -0.1) is 0 Å². The highest BCUT2D eigenvalue weighted by Gasteiger charge is 2.27. The van der Waals surface area contributed by atoms with E-state index in [-0.39, 0.29) is 11.7 Å². The summed E-state index contributed by atoms with van der Waals surface area (Å²) < 4.78 is 28.1. The van der Waals surface area contributed by atoms with Crippen LogP contribution in [0.15, 0.2) is 0 Å². The Bertz CT molecular complexity index is 396. The van der Waals surface area contributed by atoms with E-state index in [1.807, 2.05) is 0 Å². The van der Waals surface area contributed by atoms with Gasteiger partial charge in [-0.05, 0) is 31.0 Å². The lowest BCUT2D eigenvalue weighted by atomic mass is 10.1. The number of ether oxygens (including phenoxy) is 1. The van der Waals surface area contributed by atoms with Crippen LogP contribution >= 0.6 is 12.2 Å². The van der Waals surface area contributed by atoms with Crippen molar-refractivity contribution in [1.82, 2.24) is 5.32 Å².